The summed E-state index contributed by atoms with van der Waals surface area (Å²) in [5.74, 6) is -0.145. The van der Waals surface area contributed by atoms with E-state index in [9.17, 15) is 13.2 Å². The Labute approximate surface area is 113 Å². The smallest absolute Gasteiger partial charge is 0.243 e. The Morgan fingerprint density at radius 3 is 2.74 bits per heavy atom. The second-order valence-corrected chi connectivity index (χ2v) is 6.53. The summed E-state index contributed by atoms with van der Waals surface area (Å²) in [7, 11) is -1.96. The van der Waals surface area contributed by atoms with Crippen LogP contribution in [0.1, 0.15) is 23.7 Å². The summed E-state index contributed by atoms with van der Waals surface area (Å²) >= 11 is 0. The van der Waals surface area contributed by atoms with E-state index in [1.165, 1.54) is 23.4 Å². The van der Waals surface area contributed by atoms with E-state index in [1.54, 1.807) is 19.2 Å². The highest BCUT2D eigenvalue weighted by atomic mass is 32.2. The fourth-order valence-corrected chi connectivity index (χ4v) is 3.67. The number of methoxy groups -OCH3 is 1. The van der Waals surface area contributed by atoms with Crippen molar-refractivity contribution in [2.75, 3.05) is 20.2 Å². The van der Waals surface area contributed by atoms with Gasteiger partial charge in [0.2, 0.25) is 10.0 Å². The van der Waals surface area contributed by atoms with Crippen molar-refractivity contribution in [1.82, 2.24) is 4.31 Å². The molecule has 0 amide bonds. The molecule has 0 N–H and O–H groups in total. The van der Waals surface area contributed by atoms with Crippen LogP contribution in [0, 0.1) is 0 Å². The first-order valence-corrected chi connectivity index (χ1v) is 7.53. The number of benzene rings is 1. The van der Waals surface area contributed by atoms with Gasteiger partial charge in [0.1, 0.15) is 0 Å². The van der Waals surface area contributed by atoms with Crippen LogP contribution in [0.2, 0.25) is 0 Å². The van der Waals surface area contributed by atoms with Crippen LogP contribution in [0.4, 0.5) is 0 Å². The SMILES string of the molecule is COC1CCN(S(=O)(=O)c2cccc(C(C)=O)c2)C1. The molecule has 1 unspecified atom stereocenters. The topological polar surface area (TPSA) is 63.7 Å². The fraction of sp³-hybridized carbons (Fsp3) is 0.462. The predicted octanol–water partition coefficient (Wildman–Crippen LogP) is 1.30. The standard InChI is InChI=1S/C13H17NO4S/c1-10(15)11-4-3-5-13(8-11)19(16,17)14-7-6-12(9-14)18-2/h3-5,8,12H,6-7,9H2,1-2H3. The minimum Gasteiger partial charge on any atom is -0.380 e. The van der Waals surface area contributed by atoms with E-state index < -0.39 is 10.0 Å². The van der Waals surface area contributed by atoms with E-state index in [-0.39, 0.29) is 16.8 Å². The largest absolute Gasteiger partial charge is 0.380 e. The van der Waals surface area contributed by atoms with Crippen LogP contribution in [0.5, 0.6) is 0 Å². The Morgan fingerprint density at radius 2 is 2.16 bits per heavy atom. The molecule has 1 aliphatic rings. The molecule has 19 heavy (non-hydrogen) atoms. The predicted molar refractivity (Wildman–Crippen MR) is 70.6 cm³/mol. The van der Waals surface area contributed by atoms with Crippen molar-refractivity contribution >= 4 is 15.8 Å². The summed E-state index contributed by atoms with van der Waals surface area (Å²) in [5, 5.41) is 0. The summed E-state index contributed by atoms with van der Waals surface area (Å²) in [6.45, 7) is 2.23. The number of carbonyl (C=O) groups excluding carboxylic acids is 1. The van der Waals surface area contributed by atoms with Gasteiger partial charge in [0.25, 0.3) is 0 Å². The molecule has 1 fully saturated rings. The van der Waals surface area contributed by atoms with Crippen molar-refractivity contribution in [3.63, 3.8) is 0 Å². The van der Waals surface area contributed by atoms with Crippen LogP contribution < -0.4 is 0 Å². The van der Waals surface area contributed by atoms with Crippen LogP contribution in [0.25, 0.3) is 0 Å². The molecule has 0 radical (unpaired) electrons. The minimum atomic E-state index is -3.54. The number of hydrogen-bond donors (Lipinski definition) is 0. The summed E-state index contributed by atoms with van der Waals surface area (Å²) in [6, 6.07) is 6.15. The molecule has 1 aliphatic heterocycles. The first-order chi connectivity index (χ1) is 8.95. The molecular formula is C13H17NO4S. The number of Topliss-reactive ketones (excluding diaryl/α,β-unsaturated/α-hetero) is 1. The summed E-state index contributed by atoms with van der Waals surface area (Å²) in [6.07, 6.45) is 0.646. The number of rotatable bonds is 4. The number of nitrogens with zero attached hydrogens (tertiary/aromatic N) is 1. The molecule has 5 nitrogen and oxygen atoms in total. The van der Waals surface area contributed by atoms with Crippen LogP contribution in [0.3, 0.4) is 0 Å². The van der Waals surface area contributed by atoms with Crippen molar-refractivity contribution < 1.29 is 17.9 Å². The van der Waals surface area contributed by atoms with E-state index in [4.69, 9.17) is 4.74 Å². The zero-order chi connectivity index (χ0) is 14.0. The molecule has 104 valence electrons. The van der Waals surface area contributed by atoms with E-state index in [2.05, 4.69) is 0 Å². The van der Waals surface area contributed by atoms with Gasteiger partial charge in [0.05, 0.1) is 11.0 Å². The van der Waals surface area contributed by atoms with Crippen LogP contribution in [0.15, 0.2) is 29.2 Å². The van der Waals surface area contributed by atoms with Gasteiger partial charge in [0.15, 0.2) is 5.78 Å². The Bertz CT molecular complexity index is 582. The van der Waals surface area contributed by atoms with Crippen molar-refractivity contribution in [2.24, 2.45) is 0 Å². The second-order valence-electron chi connectivity index (χ2n) is 4.59. The van der Waals surface area contributed by atoms with Crippen molar-refractivity contribution in [3.05, 3.63) is 29.8 Å². The van der Waals surface area contributed by atoms with Gasteiger partial charge in [-0.3, -0.25) is 4.79 Å². The molecule has 0 bridgehead atoms. The van der Waals surface area contributed by atoms with Crippen molar-refractivity contribution in [2.45, 2.75) is 24.3 Å². The van der Waals surface area contributed by atoms with Gasteiger partial charge < -0.3 is 4.74 Å². The summed E-state index contributed by atoms with van der Waals surface area (Å²) in [5.41, 5.74) is 0.406. The monoisotopic (exact) mass is 283 g/mol. The Hall–Kier alpha value is -1.24. The Morgan fingerprint density at radius 1 is 1.42 bits per heavy atom. The normalized spacial score (nSPS) is 20.6. The van der Waals surface area contributed by atoms with Crippen LogP contribution >= 0.6 is 0 Å². The van der Waals surface area contributed by atoms with Crippen molar-refractivity contribution in [3.8, 4) is 0 Å². The molecule has 0 saturated carbocycles. The fourth-order valence-electron chi connectivity index (χ4n) is 2.13. The lowest BCUT2D eigenvalue weighted by Crippen LogP contribution is -2.30. The highest BCUT2D eigenvalue weighted by molar-refractivity contribution is 7.89. The van der Waals surface area contributed by atoms with E-state index in [0.29, 0.717) is 25.1 Å². The quantitative estimate of drug-likeness (QED) is 0.781. The highest BCUT2D eigenvalue weighted by Crippen LogP contribution is 2.23. The van der Waals surface area contributed by atoms with E-state index >= 15 is 0 Å². The first kappa shape index (κ1) is 14.2. The van der Waals surface area contributed by atoms with E-state index in [0.717, 1.165) is 0 Å². The molecular weight excluding hydrogens is 266 g/mol. The van der Waals surface area contributed by atoms with Gasteiger partial charge in [-0.15, -0.1) is 0 Å². The van der Waals surface area contributed by atoms with Gasteiger partial charge in [0, 0.05) is 25.8 Å². The molecule has 2 rings (SSSR count). The zero-order valence-electron chi connectivity index (χ0n) is 11.0. The molecule has 0 aliphatic carbocycles. The maximum absolute atomic E-state index is 12.4. The molecule has 1 saturated heterocycles. The number of sulfonamides is 1. The van der Waals surface area contributed by atoms with Gasteiger partial charge >= 0.3 is 0 Å². The summed E-state index contributed by atoms with van der Waals surface area (Å²) < 4.78 is 31.4. The maximum Gasteiger partial charge on any atom is 0.243 e. The number of carbonyl (C=O) groups is 1. The van der Waals surface area contributed by atoms with Crippen LogP contribution in [-0.4, -0.2) is 44.8 Å². The first-order valence-electron chi connectivity index (χ1n) is 6.09. The Balaban J connectivity index is 2.30. The van der Waals surface area contributed by atoms with E-state index in [1.807, 2.05) is 0 Å². The second kappa shape index (κ2) is 5.40. The molecule has 0 aromatic heterocycles. The third kappa shape index (κ3) is 2.86. The molecule has 1 heterocycles. The van der Waals surface area contributed by atoms with Gasteiger partial charge in [-0.2, -0.15) is 4.31 Å². The number of hydrogen-bond acceptors (Lipinski definition) is 4. The van der Waals surface area contributed by atoms with Gasteiger partial charge in [-0.05, 0) is 25.5 Å². The third-order valence-corrected chi connectivity index (χ3v) is 5.18. The molecule has 1 aromatic rings. The third-order valence-electron chi connectivity index (χ3n) is 3.32. The highest BCUT2D eigenvalue weighted by Gasteiger charge is 2.32. The molecule has 1 aromatic carbocycles. The van der Waals surface area contributed by atoms with Crippen molar-refractivity contribution in [1.29, 1.82) is 0 Å². The number of ketones is 1. The average molecular weight is 283 g/mol. The zero-order valence-corrected chi connectivity index (χ0v) is 11.8. The summed E-state index contributed by atoms with van der Waals surface area (Å²) in [4.78, 5) is 11.5. The van der Waals surface area contributed by atoms with Gasteiger partial charge in [-0.25, -0.2) is 8.42 Å². The number of ether oxygens (including phenoxy) is 1. The average Bonchev–Trinajstić information content (AvgIpc) is 2.88. The lowest BCUT2D eigenvalue weighted by molar-refractivity contribution is 0.101. The Kier molecular flexibility index (Phi) is 4.03. The maximum atomic E-state index is 12.4. The van der Waals surface area contributed by atoms with Crippen LogP contribution in [-0.2, 0) is 14.8 Å². The minimum absolute atomic E-state index is 0.0502. The lowest BCUT2D eigenvalue weighted by Gasteiger charge is -2.16. The molecule has 0 spiro atoms. The lowest BCUT2D eigenvalue weighted by atomic mass is 10.2. The molecule has 6 heteroatoms. The molecule has 1 atom stereocenters. The van der Waals surface area contributed by atoms with Gasteiger partial charge in [-0.1, -0.05) is 12.1 Å².